The van der Waals surface area contributed by atoms with E-state index >= 15 is 0 Å². The summed E-state index contributed by atoms with van der Waals surface area (Å²) in [5, 5.41) is 8.91. The minimum absolute atomic E-state index is 0.00776. The van der Waals surface area contributed by atoms with Crippen LogP contribution in [0.25, 0.3) is 0 Å². The summed E-state index contributed by atoms with van der Waals surface area (Å²) < 4.78 is 15.2. The molecular formula is C19H26O7. The Bertz CT molecular complexity index is 585. The Labute approximate surface area is 153 Å². The second-order valence-corrected chi connectivity index (χ2v) is 5.93. The summed E-state index contributed by atoms with van der Waals surface area (Å²) in [7, 11) is 0. The fourth-order valence-electron chi connectivity index (χ4n) is 1.98. The molecule has 144 valence electrons. The molecule has 0 aliphatic carbocycles. The lowest BCUT2D eigenvalue weighted by atomic mass is 10.1. The molecular weight excluding hydrogens is 340 g/mol. The Kier molecular flexibility index (Phi) is 9.36. The lowest BCUT2D eigenvalue weighted by Crippen LogP contribution is -2.11. The summed E-state index contributed by atoms with van der Waals surface area (Å²) in [4.78, 5) is 34.3. The maximum atomic E-state index is 11.7. The number of carboxylic acid groups (broad SMARTS) is 1. The minimum atomic E-state index is -1.09. The number of rotatable bonds is 13. The van der Waals surface area contributed by atoms with Gasteiger partial charge in [-0.3, -0.25) is 0 Å². The number of carbonyl (C=O) groups is 3. The molecule has 0 spiro atoms. The van der Waals surface area contributed by atoms with Gasteiger partial charge in [0.25, 0.3) is 0 Å². The fraction of sp³-hybridized carbons (Fsp3) is 0.526. The zero-order valence-electron chi connectivity index (χ0n) is 15.1. The van der Waals surface area contributed by atoms with Gasteiger partial charge >= 0.3 is 17.9 Å². The highest BCUT2D eigenvalue weighted by Gasteiger charge is 2.23. The summed E-state index contributed by atoms with van der Waals surface area (Å²) in [6.45, 7) is 9.99. The molecule has 0 radical (unpaired) electrons. The summed E-state index contributed by atoms with van der Waals surface area (Å²) >= 11 is 0. The highest BCUT2D eigenvalue weighted by Crippen LogP contribution is 2.18. The molecule has 0 saturated carbocycles. The number of ether oxygens (including phenoxy) is 3. The van der Waals surface area contributed by atoms with Crippen molar-refractivity contribution < 1.29 is 33.7 Å². The second-order valence-electron chi connectivity index (χ2n) is 5.93. The number of esters is 2. The molecule has 1 saturated heterocycles. The number of hydrogen-bond acceptors (Lipinski definition) is 6. The average Bonchev–Trinajstić information content (AvgIpc) is 3.43. The molecule has 7 nitrogen and oxygen atoms in total. The normalized spacial score (nSPS) is 15.9. The topological polar surface area (TPSA) is 102 Å². The zero-order valence-corrected chi connectivity index (χ0v) is 15.1. The maximum absolute atomic E-state index is 11.7. The third-order valence-electron chi connectivity index (χ3n) is 3.73. The van der Waals surface area contributed by atoms with E-state index in [2.05, 4.69) is 13.2 Å². The van der Waals surface area contributed by atoms with Gasteiger partial charge < -0.3 is 19.3 Å². The van der Waals surface area contributed by atoms with Crippen molar-refractivity contribution in [3.05, 3.63) is 36.0 Å². The first-order valence-corrected chi connectivity index (χ1v) is 8.61. The van der Waals surface area contributed by atoms with Crippen LogP contribution in [0.3, 0.4) is 0 Å². The van der Waals surface area contributed by atoms with E-state index in [-0.39, 0.29) is 36.9 Å². The van der Waals surface area contributed by atoms with Crippen LogP contribution in [0, 0.1) is 0 Å². The number of aliphatic carboxylic acids is 1. The van der Waals surface area contributed by atoms with Gasteiger partial charge in [-0.15, -0.1) is 0 Å². The van der Waals surface area contributed by atoms with Crippen molar-refractivity contribution in [2.75, 3.05) is 19.8 Å². The van der Waals surface area contributed by atoms with Crippen molar-refractivity contribution in [1.29, 1.82) is 0 Å². The zero-order chi connectivity index (χ0) is 19.5. The van der Waals surface area contributed by atoms with E-state index < -0.39 is 17.9 Å². The first-order valence-electron chi connectivity index (χ1n) is 8.61. The SMILES string of the molecule is C=C(C=C(CC)C(=O)O)C(=O)OCCCCOC(=O)C(=C)CCC1CO1. The van der Waals surface area contributed by atoms with Crippen LogP contribution in [0.2, 0.25) is 0 Å². The minimum Gasteiger partial charge on any atom is -0.478 e. The molecule has 26 heavy (non-hydrogen) atoms. The van der Waals surface area contributed by atoms with Crippen LogP contribution in [0.15, 0.2) is 36.0 Å². The Balaban J connectivity index is 2.12. The van der Waals surface area contributed by atoms with Crippen molar-refractivity contribution in [2.45, 2.75) is 45.1 Å². The molecule has 0 aromatic rings. The predicted molar refractivity (Wildman–Crippen MR) is 94.4 cm³/mol. The standard InChI is InChI=1S/C19H26O7/c1-4-15(17(20)21)11-14(3)19(23)25-10-6-5-9-24-18(22)13(2)7-8-16-12-26-16/h11,16H,2-10,12H2,1H3,(H,20,21). The Morgan fingerprint density at radius 2 is 1.73 bits per heavy atom. The highest BCUT2D eigenvalue weighted by molar-refractivity contribution is 5.95. The molecule has 1 atom stereocenters. The molecule has 1 aliphatic heterocycles. The van der Waals surface area contributed by atoms with Gasteiger partial charge in [0.2, 0.25) is 0 Å². The quantitative estimate of drug-likeness (QED) is 0.176. The molecule has 1 unspecified atom stereocenters. The van der Waals surface area contributed by atoms with E-state index in [0.717, 1.165) is 13.0 Å². The van der Waals surface area contributed by atoms with Gasteiger partial charge in [0.15, 0.2) is 0 Å². The van der Waals surface area contributed by atoms with Gasteiger partial charge in [0, 0.05) is 11.1 Å². The highest BCUT2D eigenvalue weighted by atomic mass is 16.6. The van der Waals surface area contributed by atoms with Crippen molar-refractivity contribution >= 4 is 17.9 Å². The third kappa shape index (κ3) is 8.62. The molecule has 1 aliphatic rings. The Morgan fingerprint density at radius 1 is 1.15 bits per heavy atom. The van der Waals surface area contributed by atoms with Gasteiger partial charge in [-0.05, 0) is 38.2 Å². The maximum Gasteiger partial charge on any atom is 0.337 e. The molecule has 0 aromatic carbocycles. The van der Waals surface area contributed by atoms with Crippen molar-refractivity contribution in [3.8, 4) is 0 Å². The van der Waals surface area contributed by atoms with Crippen molar-refractivity contribution in [1.82, 2.24) is 0 Å². The van der Waals surface area contributed by atoms with Gasteiger partial charge in [0.05, 0.1) is 31.5 Å². The molecule has 1 heterocycles. The smallest absolute Gasteiger partial charge is 0.337 e. The van der Waals surface area contributed by atoms with E-state index in [9.17, 15) is 14.4 Å². The largest absolute Gasteiger partial charge is 0.478 e. The lowest BCUT2D eigenvalue weighted by Gasteiger charge is -2.07. The molecule has 1 N–H and O–H groups in total. The van der Waals surface area contributed by atoms with Crippen LogP contribution in [-0.2, 0) is 28.6 Å². The van der Waals surface area contributed by atoms with Crippen LogP contribution in [-0.4, -0.2) is 48.9 Å². The number of carbonyl (C=O) groups excluding carboxylic acids is 2. The Morgan fingerprint density at radius 3 is 2.23 bits per heavy atom. The third-order valence-corrected chi connectivity index (χ3v) is 3.73. The Hall–Kier alpha value is -2.41. The molecule has 0 bridgehead atoms. The summed E-state index contributed by atoms with van der Waals surface area (Å²) in [5.41, 5.74) is 0.513. The number of hydrogen-bond donors (Lipinski definition) is 1. The van der Waals surface area contributed by atoms with Crippen LogP contribution in [0.5, 0.6) is 0 Å². The first-order chi connectivity index (χ1) is 12.3. The van der Waals surface area contributed by atoms with Crippen LogP contribution >= 0.6 is 0 Å². The number of epoxide rings is 1. The van der Waals surface area contributed by atoms with E-state index in [4.69, 9.17) is 19.3 Å². The van der Waals surface area contributed by atoms with Crippen LogP contribution < -0.4 is 0 Å². The van der Waals surface area contributed by atoms with E-state index in [1.807, 2.05) is 0 Å². The number of unbranched alkanes of at least 4 members (excludes halogenated alkanes) is 1. The fourth-order valence-corrected chi connectivity index (χ4v) is 1.98. The molecule has 0 aromatic heterocycles. The monoisotopic (exact) mass is 366 g/mol. The average molecular weight is 366 g/mol. The van der Waals surface area contributed by atoms with E-state index in [1.165, 1.54) is 6.08 Å². The summed E-state index contributed by atoms with van der Waals surface area (Å²) in [5.74, 6) is -2.17. The van der Waals surface area contributed by atoms with Crippen molar-refractivity contribution in [3.63, 3.8) is 0 Å². The van der Waals surface area contributed by atoms with Crippen LogP contribution in [0.4, 0.5) is 0 Å². The van der Waals surface area contributed by atoms with Gasteiger partial charge in [0.1, 0.15) is 0 Å². The van der Waals surface area contributed by atoms with E-state index in [1.54, 1.807) is 6.92 Å². The lowest BCUT2D eigenvalue weighted by molar-refractivity contribution is -0.141. The van der Waals surface area contributed by atoms with Gasteiger partial charge in [-0.25, -0.2) is 14.4 Å². The summed E-state index contributed by atoms with van der Waals surface area (Å²) in [6.07, 6.45) is 4.14. The van der Waals surface area contributed by atoms with Gasteiger partial charge in [-0.2, -0.15) is 0 Å². The van der Waals surface area contributed by atoms with Crippen LogP contribution in [0.1, 0.15) is 39.0 Å². The summed E-state index contributed by atoms with van der Waals surface area (Å²) in [6, 6.07) is 0. The van der Waals surface area contributed by atoms with Gasteiger partial charge in [-0.1, -0.05) is 20.1 Å². The van der Waals surface area contributed by atoms with Crippen molar-refractivity contribution in [2.24, 2.45) is 0 Å². The van der Waals surface area contributed by atoms with E-state index in [0.29, 0.717) is 24.8 Å². The molecule has 0 amide bonds. The predicted octanol–water partition coefficient (Wildman–Crippen LogP) is 2.57. The number of carboxylic acids is 1. The second kappa shape index (κ2) is 11.3. The molecule has 1 fully saturated rings. The first kappa shape index (κ1) is 21.6. The molecule has 1 rings (SSSR count). The molecule has 7 heteroatoms.